The number of likely N-dealkylation sites (N-methyl/N-ethyl adjacent to an activating group) is 1. The van der Waals surface area contributed by atoms with Crippen LogP contribution in [-0.2, 0) is 4.79 Å². The fraction of sp³-hybridized carbons (Fsp3) is 0.474. The fourth-order valence-corrected chi connectivity index (χ4v) is 4.46. The summed E-state index contributed by atoms with van der Waals surface area (Å²) in [6.07, 6.45) is 5.68. The van der Waals surface area contributed by atoms with Gasteiger partial charge in [0.05, 0.1) is 23.9 Å². The Morgan fingerprint density at radius 1 is 1.12 bits per heavy atom. The van der Waals surface area contributed by atoms with Crippen LogP contribution in [0.15, 0.2) is 35.5 Å². The summed E-state index contributed by atoms with van der Waals surface area (Å²) in [6.45, 7) is 0.518. The van der Waals surface area contributed by atoms with Gasteiger partial charge in [0.25, 0.3) is 5.91 Å². The van der Waals surface area contributed by atoms with Gasteiger partial charge >= 0.3 is 6.03 Å². The van der Waals surface area contributed by atoms with Crippen LogP contribution in [0.25, 0.3) is 0 Å². The van der Waals surface area contributed by atoms with Crippen molar-refractivity contribution < 1.29 is 9.59 Å². The minimum Gasteiger partial charge on any atom is -0.330 e. The van der Waals surface area contributed by atoms with Crippen molar-refractivity contribution in [2.24, 2.45) is 0 Å². The Kier molecular flexibility index (Phi) is 4.20. The molecule has 132 valence electrons. The van der Waals surface area contributed by atoms with Gasteiger partial charge in [0.15, 0.2) is 0 Å². The number of nitrogens with zero attached hydrogens (tertiary/aromatic N) is 2. The summed E-state index contributed by atoms with van der Waals surface area (Å²) in [4.78, 5) is 29.2. The van der Waals surface area contributed by atoms with Crippen LogP contribution in [0, 0.1) is 0 Å². The highest BCUT2D eigenvalue weighted by Gasteiger charge is 2.45. The third-order valence-corrected chi connectivity index (χ3v) is 5.96. The molecule has 1 aromatic rings. The Balaban J connectivity index is 1.72. The highest BCUT2D eigenvalue weighted by Crippen LogP contribution is 2.39. The van der Waals surface area contributed by atoms with Gasteiger partial charge in [0.2, 0.25) is 0 Å². The molecule has 4 rings (SSSR count). The summed E-state index contributed by atoms with van der Waals surface area (Å²) in [7, 11) is 1.73. The summed E-state index contributed by atoms with van der Waals surface area (Å²) in [6, 6.07) is 7.00. The first-order chi connectivity index (χ1) is 12.1. The van der Waals surface area contributed by atoms with Crippen molar-refractivity contribution >= 4 is 23.5 Å². The predicted octanol–water partition coefficient (Wildman–Crippen LogP) is 3.47. The molecule has 2 heterocycles. The van der Waals surface area contributed by atoms with Crippen LogP contribution in [0.2, 0.25) is 5.02 Å². The highest BCUT2D eigenvalue weighted by atomic mass is 35.5. The largest absolute Gasteiger partial charge is 0.330 e. The summed E-state index contributed by atoms with van der Waals surface area (Å²) >= 11 is 6.35. The minimum absolute atomic E-state index is 0.0404. The molecule has 1 aliphatic carbocycles. The maximum Gasteiger partial charge on any atom is 0.322 e. The van der Waals surface area contributed by atoms with Crippen LogP contribution in [-0.4, -0.2) is 41.4 Å². The molecule has 1 atom stereocenters. The van der Waals surface area contributed by atoms with Crippen molar-refractivity contribution in [1.29, 1.82) is 0 Å². The first-order valence-electron chi connectivity index (χ1n) is 8.90. The van der Waals surface area contributed by atoms with Crippen LogP contribution in [0.3, 0.4) is 0 Å². The van der Waals surface area contributed by atoms with Crippen molar-refractivity contribution in [3.05, 3.63) is 46.1 Å². The molecule has 0 saturated heterocycles. The number of rotatable bonds is 2. The number of carbonyl (C=O) groups excluding carboxylic acids is 2. The van der Waals surface area contributed by atoms with E-state index >= 15 is 0 Å². The van der Waals surface area contributed by atoms with Gasteiger partial charge in [0.1, 0.15) is 0 Å². The standard InChI is InChI=1S/C19H22ClN3O2/c1-22-15-11-23(12-7-3-2-4-8-12)18(24)16(15)17(21-19(22)25)13-9-5-6-10-14(13)20/h5-6,9-10,12,17H,2-4,7-8,11H2,1H3,(H,21,25)/t17-/m1/s1. The molecule has 3 aliphatic rings. The second kappa shape index (κ2) is 6.37. The number of benzene rings is 1. The lowest BCUT2D eigenvalue weighted by Crippen LogP contribution is -2.45. The SMILES string of the molecule is CN1C(=O)N[C@H](c2ccccc2Cl)C2=C1CN(C1CCCCC1)C2=O. The number of hydrogen-bond donors (Lipinski definition) is 1. The Labute approximate surface area is 152 Å². The Bertz CT molecular complexity index is 755. The van der Waals surface area contributed by atoms with E-state index < -0.39 is 6.04 Å². The molecule has 1 fully saturated rings. The second-order valence-electron chi connectivity index (χ2n) is 7.05. The van der Waals surface area contributed by atoms with Crippen LogP contribution in [0.5, 0.6) is 0 Å². The van der Waals surface area contributed by atoms with Crippen molar-refractivity contribution in [2.75, 3.05) is 13.6 Å². The second-order valence-corrected chi connectivity index (χ2v) is 7.46. The number of amides is 3. The molecule has 3 amide bonds. The molecular formula is C19H22ClN3O2. The molecule has 2 aliphatic heterocycles. The molecule has 0 spiro atoms. The van der Waals surface area contributed by atoms with Crippen molar-refractivity contribution in [3.8, 4) is 0 Å². The average molecular weight is 360 g/mol. The molecule has 6 heteroatoms. The molecule has 0 aromatic heterocycles. The first kappa shape index (κ1) is 16.5. The molecule has 0 unspecified atom stereocenters. The highest BCUT2D eigenvalue weighted by molar-refractivity contribution is 6.31. The van der Waals surface area contributed by atoms with Crippen LogP contribution >= 0.6 is 11.6 Å². The van der Waals surface area contributed by atoms with Gasteiger partial charge in [-0.2, -0.15) is 0 Å². The van der Waals surface area contributed by atoms with Gasteiger partial charge in [-0.3, -0.25) is 9.69 Å². The van der Waals surface area contributed by atoms with Crippen molar-refractivity contribution in [1.82, 2.24) is 15.1 Å². The lowest BCUT2D eigenvalue weighted by atomic mass is 9.93. The minimum atomic E-state index is -0.478. The predicted molar refractivity (Wildman–Crippen MR) is 96.1 cm³/mol. The van der Waals surface area contributed by atoms with Crippen LogP contribution in [0.1, 0.15) is 43.7 Å². The van der Waals surface area contributed by atoms with Crippen molar-refractivity contribution in [2.45, 2.75) is 44.2 Å². The zero-order valence-corrected chi connectivity index (χ0v) is 15.1. The Hall–Kier alpha value is -2.01. The van der Waals surface area contributed by atoms with Crippen LogP contribution in [0.4, 0.5) is 4.79 Å². The van der Waals surface area contributed by atoms with Crippen molar-refractivity contribution in [3.63, 3.8) is 0 Å². The zero-order valence-electron chi connectivity index (χ0n) is 14.3. The maximum absolute atomic E-state index is 13.2. The molecular weight excluding hydrogens is 338 g/mol. The van der Waals surface area contributed by atoms with Gasteiger partial charge in [-0.25, -0.2) is 4.79 Å². The molecule has 1 N–H and O–H groups in total. The van der Waals surface area contributed by atoms with Crippen LogP contribution < -0.4 is 5.32 Å². The third kappa shape index (κ3) is 2.71. The van der Waals surface area contributed by atoms with E-state index in [1.165, 1.54) is 19.3 Å². The number of halogens is 1. The fourth-order valence-electron chi connectivity index (χ4n) is 4.22. The summed E-state index contributed by atoms with van der Waals surface area (Å²) in [5.41, 5.74) is 2.25. The van der Waals surface area contributed by atoms with E-state index in [-0.39, 0.29) is 18.0 Å². The topological polar surface area (TPSA) is 52.7 Å². The van der Waals surface area contributed by atoms with Gasteiger partial charge in [-0.1, -0.05) is 49.1 Å². The third-order valence-electron chi connectivity index (χ3n) is 5.62. The van der Waals surface area contributed by atoms with E-state index in [4.69, 9.17) is 11.6 Å². The van der Waals surface area contributed by atoms with E-state index in [0.717, 1.165) is 24.1 Å². The van der Waals surface area contributed by atoms with Gasteiger partial charge < -0.3 is 10.2 Å². The van der Waals surface area contributed by atoms with Gasteiger partial charge in [0, 0.05) is 18.1 Å². The number of carbonyl (C=O) groups is 2. The Morgan fingerprint density at radius 2 is 1.84 bits per heavy atom. The molecule has 0 bridgehead atoms. The summed E-state index contributed by atoms with van der Waals surface area (Å²) < 4.78 is 0. The van der Waals surface area contributed by atoms with E-state index in [1.807, 2.05) is 23.1 Å². The van der Waals surface area contributed by atoms with E-state index in [2.05, 4.69) is 5.32 Å². The molecule has 1 aromatic carbocycles. The normalized spacial score (nSPS) is 24.6. The maximum atomic E-state index is 13.2. The number of urea groups is 1. The molecule has 0 radical (unpaired) electrons. The lowest BCUT2D eigenvalue weighted by molar-refractivity contribution is -0.128. The monoisotopic (exact) mass is 359 g/mol. The Morgan fingerprint density at radius 3 is 2.56 bits per heavy atom. The van der Waals surface area contributed by atoms with E-state index in [1.54, 1.807) is 18.0 Å². The molecule has 5 nitrogen and oxygen atoms in total. The van der Waals surface area contributed by atoms with Gasteiger partial charge in [-0.05, 0) is 24.5 Å². The number of hydrogen-bond acceptors (Lipinski definition) is 2. The summed E-state index contributed by atoms with van der Waals surface area (Å²) in [5.74, 6) is 0.0404. The zero-order chi connectivity index (χ0) is 17.6. The van der Waals surface area contributed by atoms with E-state index in [0.29, 0.717) is 17.1 Å². The van der Waals surface area contributed by atoms with Gasteiger partial charge in [-0.15, -0.1) is 0 Å². The summed E-state index contributed by atoms with van der Waals surface area (Å²) in [5, 5.41) is 3.51. The average Bonchev–Trinajstić information content (AvgIpc) is 2.97. The first-order valence-corrected chi connectivity index (χ1v) is 9.28. The quantitative estimate of drug-likeness (QED) is 0.879. The molecule has 25 heavy (non-hydrogen) atoms. The number of nitrogens with one attached hydrogen (secondary N) is 1. The lowest BCUT2D eigenvalue weighted by Gasteiger charge is -2.31. The smallest absolute Gasteiger partial charge is 0.322 e. The molecule has 1 saturated carbocycles. The van der Waals surface area contributed by atoms with E-state index in [9.17, 15) is 9.59 Å².